The number of hydrogen-bond donors (Lipinski definition) is 2. The maximum Gasteiger partial charge on any atom is 0.220 e. The number of hydrogen-bond acceptors (Lipinski definition) is 6. The fourth-order valence-electron chi connectivity index (χ4n) is 4.96. The molecule has 0 aliphatic carbocycles. The second kappa shape index (κ2) is 15.1. The fraction of sp³-hybridized carbons (Fsp3) is 0.567. The quantitative estimate of drug-likeness (QED) is 0.370. The molecule has 7 nitrogen and oxygen atoms in total. The first kappa shape index (κ1) is 27.6. The van der Waals surface area contributed by atoms with Crippen molar-refractivity contribution in [3.63, 3.8) is 0 Å². The topological polar surface area (TPSA) is 80.3 Å². The Hall–Kier alpha value is -2.45. The van der Waals surface area contributed by atoms with Crippen molar-refractivity contribution >= 4 is 5.91 Å². The Morgan fingerprint density at radius 1 is 1.03 bits per heavy atom. The van der Waals surface area contributed by atoms with Gasteiger partial charge in [0.15, 0.2) is 0 Å². The summed E-state index contributed by atoms with van der Waals surface area (Å²) in [6, 6.07) is 17.2. The SMILES string of the molecule is O=C(CCCCOC1CCOCC1)N[C@H](CN1CCCC1)[C@H](O)c1ccc(OCc2ccccc2)cc1. The van der Waals surface area contributed by atoms with E-state index in [0.29, 0.717) is 26.2 Å². The molecule has 2 aromatic carbocycles. The summed E-state index contributed by atoms with van der Waals surface area (Å²) in [6.45, 7) is 5.39. The van der Waals surface area contributed by atoms with E-state index in [9.17, 15) is 9.90 Å². The summed E-state index contributed by atoms with van der Waals surface area (Å²) in [7, 11) is 0. The van der Waals surface area contributed by atoms with E-state index < -0.39 is 6.10 Å². The van der Waals surface area contributed by atoms with Crippen LogP contribution in [0.4, 0.5) is 0 Å². The van der Waals surface area contributed by atoms with Gasteiger partial charge in [0.25, 0.3) is 0 Å². The summed E-state index contributed by atoms with van der Waals surface area (Å²) in [5.41, 5.74) is 1.89. The van der Waals surface area contributed by atoms with Gasteiger partial charge in [0.2, 0.25) is 5.91 Å². The second-order valence-corrected chi connectivity index (χ2v) is 10.1. The average molecular weight is 511 g/mol. The van der Waals surface area contributed by atoms with Crippen LogP contribution in [0.3, 0.4) is 0 Å². The van der Waals surface area contributed by atoms with E-state index >= 15 is 0 Å². The smallest absolute Gasteiger partial charge is 0.220 e. The van der Waals surface area contributed by atoms with Crippen molar-refractivity contribution < 1.29 is 24.1 Å². The molecule has 2 aliphatic rings. The Morgan fingerprint density at radius 2 is 1.76 bits per heavy atom. The number of unbranched alkanes of at least 4 members (excludes halogenated alkanes) is 1. The van der Waals surface area contributed by atoms with E-state index in [2.05, 4.69) is 10.2 Å². The van der Waals surface area contributed by atoms with E-state index in [1.165, 1.54) is 0 Å². The van der Waals surface area contributed by atoms with E-state index in [-0.39, 0.29) is 18.1 Å². The molecule has 4 rings (SSSR count). The Labute approximate surface area is 221 Å². The number of carbonyl (C=O) groups excluding carboxylic acids is 1. The molecule has 37 heavy (non-hydrogen) atoms. The Bertz CT molecular complexity index is 911. The third-order valence-electron chi connectivity index (χ3n) is 7.17. The van der Waals surface area contributed by atoms with Crippen molar-refractivity contribution in [2.45, 2.75) is 69.8 Å². The van der Waals surface area contributed by atoms with Crippen LogP contribution in [0.1, 0.15) is 62.2 Å². The number of nitrogens with zero attached hydrogens (tertiary/aromatic N) is 1. The number of aliphatic hydroxyl groups is 1. The molecule has 1 amide bonds. The number of aliphatic hydroxyl groups excluding tert-OH is 1. The largest absolute Gasteiger partial charge is 0.489 e. The Kier molecular flexibility index (Phi) is 11.2. The van der Waals surface area contributed by atoms with Gasteiger partial charge < -0.3 is 29.5 Å². The van der Waals surface area contributed by atoms with Crippen LogP contribution >= 0.6 is 0 Å². The monoisotopic (exact) mass is 510 g/mol. The molecular weight excluding hydrogens is 468 g/mol. The highest BCUT2D eigenvalue weighted by atomic mass is 16.5. The lowest BCUT2D eigenvalue weighted by atomic mass is 10.0. The lowest BCUT2D eigenvalue weighted by Crippen LogP contribution is -2.46. The summed E-state index contributed by atoms with van der Waals surface area (Å²) in [6.07, 6.45) is 5.81. The lowest BCUT2D eigenvalue weighted by Gasteiger charge is -2.29. The molecule has 0 spiro atoms. The van der Waals surface area contributed by atoms with E-state index in [0.717, 1.165) is 81.7 Å². The summed E-state index contributed by atoms with van der Waals surface area (Å²) < 4.78 is 17.2. The van der Waals surface area contributed by atoms with E-state index in [1.807, 2.05) is 54.6 Å². The first-order valence-corrected chi connectivity index (χ1v) is 13.8. The number of amides is 1. The molecular formula is C30H42N2O5. The summed E-state index contributed by atoms with van der Waals surface area (Å²) in [5, 5.41) is 14.4. The molecule has 2 aliphatic heterocycles. The molecule has 2 atom stereocenters. The number of nitrogens with one attached hydrogen (secondary N) is 1. The van der Waals surface area contributed by atoms with Gasteiger partial charge >= 0.3 is 0 Å². The van der Waals surface area contributed by atoms with Crippen LogP contribution in [0.2, 0.25) is 0 Å². The molecule has 0 unspecified atom stereocenters. The molecule has 2 fully saturated rings. The molecule has 2 aromatic rings. The molecule has 202 valence electrons. The summed E-state index contributed by atoms with van der Waals surface area (Å²) >= 11 is 0. The van der Waals surface area contributed by atoms with Crippen LogP contribution in [0.25, 0.3) is 0 Å². The van der Waals surface area contributed by atoms with Gasteiger partial charge in [0.1, 0.15) is 18.5 Å². The molecule has 0 saturated carbocycles. The lowest BCUT2D eigenvalue weighted by molar-refractivity contribution is -0.123. The highest BCUT2D eigenvalue weighted by molar-refractivity contribution is 5.76. The number of carbonyl (C=O) groups is 1. The zero-order chi connectivity index (χ0) is 25.7. The van der Waals surface area contributed by atoms with Crippen LogP contribution < -0.4 is 10.1 Å². The average Bonchev–Trinajstić information content (AvgIpc) is 3.46. The predicted octanol–water partition coefficient (Wildman–Crippen LogP) is 4.25. The van der Waals surface area contributed by atoms with Crippen LogP contribution in [0.5, 0.6) is 5.75 Å². The normalized spacial score (nSPS) is 18.4. The molecule has 2 saturated heterocycles. The standard InChI is InChI=1S/C30H42N2O5/c33-29(10-4-7-19-36-27-15-20-35-21-16-27)31-28(22-32-17-5-6-18-32)30(34)25-11-13-26(14-12-25)37-23-24-8-2-1-3-9-24/h1-3,8-9,11-14,27-28,30,34H,4-7,10,15-23H2,(H,31,33)/t28-,30-/m1/s1. The zero-order valence-electron chi connectivity index (χ0n) is 21.9. The Balaban J connectivity index is 1.25. The van der Waals surface area contributed by atoms with Crippen LogP contribution in [-0.4, -0.2) is 67.5 Å². The maximum atomic E-state index is 12.8. The van der Waals surface area contributed by atoms with Gasteiger partial charge in [0.05, 0.1) is 12.1 Å². The minimum Gasteiger partial charge on any atom is -0.489 e. The molecule has 0 aromatic heterocycles. The second-order valence-electron chi connectivity index (χ2n) is 10.1. The van der Waals surface area contributed by atoms with Gasteiger partial charge in [-0.3, -0.25) is 4.79 Å². The van der Waals surface area contributed by atoms with Gasteiger partial charge in [-0.1, -0.05) is 42.5 Å². The first-order valence-electron chi connectivity index (χ1n) is 13.8. The van der Waals surface area contributed by atoms with E-state index in [4.69, 9.17) is 14.2 Å². The number of benzene rings is 2. The minimum atomic E-state index is -0.787. The van der Waals surface area contributed by atoms with Crippen molar-refractivity contribution in [2.24, 2.45) is 0 Å². The van der Waals surface area contributed by atoms with Crippen molar-refractivity contribution in [3.8, 4) is 5.75 Å². The zero-order valence-corrected chi connectivity index (χ0v) is 21.9. The van der Waals surface area contributed by atoms with Crippen LogP contribution in [-0.2, 0) is 20.9 Å². The third kappa shape index (κ3) is 9.42. The predicted molar refractivity (Wildman–Crippen MR) is 143 cm³/mol. The van der Waals surface area contributed by atoms with Crippen LogP contribution in [0, 0.1) is 0 Å². The summed E-state index contributed by atoms with van der Waals surface area (Å²) in [5.74, 6) is 0.736. The number of likely N-dealkylation sites (tertiary alicyclic amines) is 1. The van der Waals surface area contributed by atoms with Crippen molar-refractivity contribution in [1.82, 2.24) is 10.2 Å². The van der Waals surface area contributed by atoms with Gasteiger partial charge in [-0.25, -0.2) is 0 Å². The molecule has 0 bridgehead atoms. The highest BCUT2D eigenvalue weighted by Crippen LogP contribution is 2.23. The van der Waals surface area contributed by atoms with Crippen LogP contribution in [0.15, 0.2) is 54.6 Å². The first-order chi connectivity index (χ1) is 18.2. The van der Waals surface area contributed by atoms with Crippen molar-refractivity contribution in [3.05, 3.63) is 65.7 Å². The molecule has 2 heterocycles. The maximum absolute atomic E-state index is 12.8. The molecule has 7 heteroatoms. The number of rotatable bonds is 14. The van der Waals surface area contributed by atoms with Crippen molar-refractivity contribution in [1.29, 1.82) is 0 Å². The van der Waals surface area contributed by atoms with Gasteiger partial charge in [-0.2, -0.15) is 0 Å². The van der Waals surface area contributed by atoms with Gasteiger partial charge in [0, 0.05) is 32.8 Å². The van der Waals surface area contributed by atoms with Gasteiger partial charge in [-0.05, 0) is 74.9 Å². The van der Waals surface area contributed by atoms with Gasteiger partial charge in [-0.15, -0.1) is 0 Å². The molecule has 0 radical (unpaired) electrons. The fourth-order valence-corrected chi connectivity index (χ4v) is 4.96. The number of ether oxygens (including phenoxy) is 3. The third-order valence-corrected chi connectivity index (χ3v) is 7.17. The molecule has 2 N–H and O–H groups in total. The Morgan fingerprint density at radius 3 is 2.49 bits per heavy atom. The summed E-state index contributed by atoms with van der Waals surface area (Å²) in [4.78, 5) is 15.1. The highest BCUT2D eigenvalue weighted by Gasteiger charge is 2.26. The minimum absolute atomic E-state index is 0.0165. The van der Waals surface area contributed by atoms with E-state index in [1.54, 1.807) is 0 Å². The van der Waals surface area contributed by atoms with Crippen molar-refractivity contribution in [2.75, 3.05) is 39.5 Å².